The molecule has 3 rings (SSSR count). The summed E-state index contributed by atoms with van der Waals surface area (Å²) in [6.45, 7) is 4.14. The van der Waals surface area contributed by atoms with Gasteiger partial charge in [-0.25, -0.2) is 4.39 Å². The molecule has 2 amide bonds. The SMILES string of the molecule is CC(C)c1ccccc1NC(=O)c1ccnc(C(=O)NCc2ccccc2F)c1. The molecule has 2 aromatic carbocycles. The largest absolute Gasteiger partial charge is 0.347 e. The van der Waals surface area contributed by atoms with Crippen molar-refractivity contribution in [3.05, 3.63) is 95.1 Å². The molecule has 6 heteroatoms. The number of pyridine rings is 1. The zero-order valence-corrected chi connectivity index (χ0v) is 16.3. The van der Waals surface area contributed by atoms with Crippen LogP contribution in [0, 0.1) is 5.82 Å². The number of halogens is 1. The van der Waals surface area contributed by atoms with Crippen LogP contribution in [0.1, 0.15) is 51.7 Å². The third kappa shape index (κ3) is 5.04. The van der Waals surface area contributed by atoms with Crippen LogP contribution in [0.2, 0.25) is 0 Å². The van der Waals surface area contributed by atoms with Crippen LogP contribution in [0.15, 0.2) is 66.9 Å². The first-order chi connectivity index (χ1) is 14.0. The van der Waals surface area contributed by atoms with Gasteiger partial charge in [0.15, 0.2) is 0 Å². The van der Waals surface area contributed by atoms with Gasteiger partial charge in [0.1, 0.15) is 11.5 Å². The number of carbonyl (C=O) groups excluding carboxylic acids is 2. The quantitative estimate of drug-likeness (QED) is 0.649. The van der Waals surface area contributed by atoms with Crippen molar-refractivity contribution in [3.8, 4) is 0 Å². The molecule has 0 radical (unpaired) electrons. The average Bonchev–Trinajstić information content (AvgIpc) is 2.73. The van der Waals surface area contributed by atoms with Crippen molar-refractivity contribution >= 4 is 17.5 Å². The van der Waals surface area contributed by atoms with Crippen LogP contribution in [0.3, 0.4) is 0 Å². The number of amides is 2. The number of hydrogen-bond acceptors (Lipinski definition) is 3. The molecule has 0 saturated heterocycles. The molecule has 0 fully saturated rings. The number of anilines is 1. The highest BCUT2D eigenvalue weighted by atomic mass is 19.1. The van der Waals surface area contributed by atoms with E-state index in [-0.39, 0.29) is 24.1 Å². The zero-order valence-electron chi connectivity index (χ0n) is 16.3. The van der Waals surface area contributed by atoms with Crippen LogP contribution in [-0.2, 0) is 6.54 Å². The molecule has 1 heterocycles. The fourth-order valence-electron chi connectivity index (χ4n) is 2.91. The molecule has 0 bridgehead atoms. The minimum absolute atomic E-state index is 0.0331. The number of benzene rings is 2. The Bertz CT molecular complexity index is 1030. The van der Waals surface area contributed by atoms with Gasteiger partial charge in [-0.15, -0.1) is 0 Å². The topological polar surface area (TPSA) is 71.1 Å². The van der Waals surface area contributed by atoms with E-state index in [0.717, 1.165) is 11.3 Å². The lowest BCUT2D eigenvalue weighted by atomic mass is 10.0. The van der Waals surface area contributed by atoms with E-state index in [9.17, 15) is 14.0 Å². The maximum Gasteiger partial charge on any atom is 0.270 e. The second kappa shape index (κ2) is 9.10. The van der Waals surface area contributed by atoms with E-state index in [4.69, 9.17) is 0 Å². The number of carbonyl (C=O) groups is 2. The van der Waals surface area contributed by atoms with Crippen LogP contribution in [0.25, 0.3) is 0 Å². The Kier molecular flexibility index (Phi) is 6.34. The number of hydrogen-bond donors (Lipinski definition) is 2. The summed E-state index contributed by atoms with van der Waals surface area (Å²) < 4.78 is 13.7. The Morgan fingerprint density at radius 1 is 1.00 bits per heavy atom. The van der Waals surface area contributed by atoms with Crippen LogP contribution >= 0.6 is 0 Å². The Balaban J connectivity index is 1.71. The summed E-state index contributed by atoms with van der Waals surface area (Å²) in [4.78, 5) is 29.1. The molecule has 0 aliphatic rings. The van der Waals surface area contributed by atoms with Crippen molar-refractivity contribution in [1.82, 2.24) is 10.3 Å². The maximum atomic E-state index is 13.7. The standard InChI is InChI=1S/C23H22FN3O2/c1-15(2)18-8-4-6-10-20(18)27-22(28)16-11-12-25-21(13-16)23(29)26-14-17-7-3-5-9-19(17)24/h3-13,15H,14H2,1-2H3,(H,26,29)(H,27,28). The third-order valence-corrected chi connectivity index (χ3v) is 4.48. The predicted octanol–water partition coefficient (Wildman–Crippen LogP) is 4.53. The van der Waals surface area contributed by atoms with Gasteiger partial charge in [0.25, 0.3) is 11.8 Å². The van der Waals surface area contributed by atoms with Crippen molar-refractivity contribution in [3.63, 3.8) is 0 Å². The second-order valence-corrected chi connectivity index (χ2v) is 6.90. The monoisotopic (exact) mass is 391 g/mol. The van der Waals surface area contributed by atoms with Crippen LogP contribution in [0.5, 0.6) is 0 Å². The molecule has 0 aliphatic heterocycles. The summed E-state index contributed by atoms with van der Waals surface area (Å²) in [7, 11) is 0. The predicted molar refractivity (Wildman–Crippen MR) is 110 cm³/mol. The molecular weight excluding hydrogens is 369 g/mol. The van der Waals surface area contributed by atoms with Gasteiger partial charge < -0.3 is 10.6 Å². The summed E-state index contributed by atoms with van der Waals surface area (Å²) in [6, 6.07) is 16.8. The molecule has 0 unspecified atom stereocenters. The van der Waals surface area contributed by atoms with Crippen molar-refractivity contribution in [2.24, 2.45) is 0 Å². The van der Waals surface area contributed by atoms with E-state index in [0.29, 0.717) is 11.1 Å². The van der Waals surface area contributed by atoms with Crippen molar-refractivity contribution in [2.45, 2.75) is 26.3 Å². The molecule has 0 aliphatic carbocycles. The minimum atomic E-state index is -0.481. The Morgan fingerprint density at radius 2 is 1.72 bits per heavy atom. The Hall–Kier alpha value is -3.54. The first-order valence-electron chi connectivity index (χ1n) is 9.33. The highest BCUT2D eigenvalue weighted by Crippen LogP contribution is 2.24. The lowest BCUT2D eigenvalue weighted by Gasteiger charge is -2.14. The summed E-state index contributed by atoms with van der Waals surface area (Å²) >= 11 is 0. The molecule has 2 N–H and O–H groups in total. The molecule has 0 spiro atoms. The van der Waals surface area contributed by atoms with Crippen LogP contribution < -0.4 is 10.6 Å². The number of rotatable bonds is 6. The molecule has 5 nitrogen and oxygen atoms in total. The Morgan fingerprint density at radius 3 is 2.48 bits per heavy atom. The maximum absolute atomic E-state index is 13.7. The number of nitrogens with one attached hydrogen (secondary N) is 2. The lowest BCUT2D eigenvalue weighted by Crippen LogP contribution is -2.25. The van der Waals surface area contributed by atoms with Gasteiger partial charge in [-0.2, -0.15) is 0 Å². The van der Waals surface area contributed by atoms with Gasteiger partial charge in [0.2, 0.25) is 0 Å². The summed E-state index contributed by atoms with van der Waals surface area (Å²) in [6.07, 6.45) is 1.40. The number of nitrogens with zero attached hydrogens (tertiary/aromatic N) is 1. The first kappa shape index (κ1) is 20.2. The van der Waals surface area contributed by atoms with E-state index >= 15 is 0 Å². The molecule has 0 saturated carbocycles. The summed E-state index contributed by atoms with van der Waals surface area (Å²) in [5.41, 5.74) is 2.54. The number of aromatic nitrogens is 1. The molecule has 0 atom stereocenters. The van der Waals surface area contributed by atoms with E-state index in [1.54, 1.807) is 24.3 Å². The molecule has 3 aromatic rings. The van der Waals surface area contributed by atoms with Gasteiger partial charge in [0.05, 0.1) is 0 Å². The normalized spacial score (nSPS) is 10.6. The molecule has 1 aromatic heterocycles. The molecule has 148 valence electrons. The Labute approximate surface area is 169 Å². The molecular formula is C23H22FN3O2. The van der Waals surface area contributed by atoms with Gasteiger partial charge in [-0.3, -0.25) is 14.6 Å². The van der Waals surface area contributed by atoms with E-state index in [1.165, 1.54) is 18.3 Å². The van der Waals surface area contributed by atoms with Gasteiger partial charge in [-0.05, 0) is 35.7 Å². The fourth-order valence-corrected chi connectivity index (χ4v) is 2.91. The van der Waals surface area contributed by atoms with Gasteiger partial charge in [-0.1, -0.05) is 50.2 Å². The second-order valence-electron chi connectivity index (χ2n) is 6.90. The minimum Gasteiger partial charge on any atom is -0.347 e. The molecule has 29 heavy (non-hydrogen) atoms. The van der Waals surface area contributed by atoms with Gasteiger partial charge in [0, 0.05) is 29.6 Å². The highest BCUT2D eigenvalue weighted by Gasteiger charge is 2.14. The first-order valence-corrected chi connectivity index (χ1v) is 9.33. The van der Waals surface area contributed by atoms with Crippen molar-refractivity contribution in [1.29, 1.82) is 0 Å². The smallest absolute Gasteiger partial charge is 0.270 e. The average molecular weight is 391 g/mol. The van der Waals surface area contributed by atoms with Crippen molar-refractivity contribution < 1.29 is 14.0 Å². The summed E-state index contributed by atoms with van der Waals surface area (Å²) in [5, 5.41) is 5.51. The number of para-hydroxylation sites is 1. The summed E-state index contributed by atoms with van der Waals surface area (Å²) in [5.74, 6) is -0.949. The van der Waals surface area contributed by atoms with E-state index in [1.807, 2.05) is 24.3 Å². The fraction of sp³-hybridized carbons (Fsp3) is 0.174. The lowest BCUT2D eigenvalue weighted by molar-refractivity contribution is 0.0945. The van der Waals surface area contributed by atoms with E-state index in [2.05, 4.69) is 29.5 Å². The highest BCUT2D eigenvalue weighted by molar-refractivity contribution is 6.06. The van der Waals surface area contributed by atoms with Gasteiger partial charge >= 0.3 is 0 Å². The van der Waals surface area contributed by atoms with Crippen molar-refractivity contribution in [2.75, 3.05) is 5.32 Å². The van der Waals surface area contributed by atoms with Crippen LogP contribution in [-0.4, -0.2) is 16.8 Å². The third-order valence-electron chi connectivity index (χ3n) is 4.48. The zero-order chi connectivity index (χ0) is 20.8. The van der Waals surface area contributed by atoms with E-state index < -0.39 is 11.7 Å². The van der Waals surface area contributed by atoms with Crippen LogP contribution in [0.4, 0.5) is 10.1 Å².